The molecule has 35 heavy (non-hydrogen) atoms. The van der Waals surface area contributed by atoms with Crippen molar-refractivity contribution in [2.75, 3.05) is 44.2 Å². The number of benzene rings is 2. The van der Waals surface area contributed by atoms with E-state index < -0.39 is 10.0 Å². The lowest BCUT2D eigenvalue weighted by atomic mass is 9.95. The largest absolute Gasteiger partial charge is 0.371 e. The van der Waals surface area contributed by atoms with Crippen LogP contribution in [0.4, 0.5) is 5.69 Å². The van der Waals surface area contributed by atoms with Gasteiger partial charge in [0.25, 0.3) is 0 Å². The summed E-state index contributed by atoms with van der Waals surface area (Å²) in [7, 11) is -3.75. The Morgan fingerprint density at radius 1 is 0.914 bits per heavy atom. The first kappa shape index (κ1) is 25.7. The number of carbonyl (C=O) groups is 1. The van der Waals surface area contributed by atoms with Crippen LogP contribution in [-0.2, 0) is 14.8 Å². The molecule has 0 spiro atoms. The van der Waals surface area contributed by atoms with Gasteiger partial charge in [0.2, 0.25) is 15.9 Å². The molecule has 186 valence electrons. The highest BCUT2D eigenvalue weighted by molar-refractivity contribution is 7.89. The van der Waals surface area contributed by atoms with Crippen LogP contribution in [0.5, 0.6) is 0 Å². The summed E-state index contributed by atoms with van der Waals surface area (Å²) in [6.07, 6.45) is 5.63. The number of fused-ring (bicyclic) bond motifs is 1. The summed E-state index contributed by atoms with van der Waals surface area (Å²) in [4.78, 5) is 21.3. The van der Waals surface area contributed by atoms with Gasteiger partial charge < -0.3 is 9.80 Å². The predicted octanol–water partition coefficient (Wildman–Crippen LogP) is 4.06. The van der Waals surface area contributed by atoms with E-state index in [9.17, 15) is 13.2 Å². The molecule has 0 N–H and O–H groups in total. The molecular formula is C25H28Cl2N4O3S. The molecule has 0 saturated carbocycles. The summed E-state index contributed by atoms with van der Waals surface area (Å²) >= 11 is 6.03. The highest BCUT2D eigenvalue weighted by Crippen LogP contribution is 2.27. The lowest BCUT2D eigenvalue weighted by Crippen LogP contribution is -2.53. The number of hydrogen-bond acceptors (Lipinski definition) is 5. The molecule has 10 heteroatoms. The number of anilines is 1. The third kappa shape index (κ3) is 5.56. The van der Waals surface area contributed by atoms with Gasteiger partial charge >= 0.3 is 0 Å². The van der Waals surface area contributed by atoms with E-state index in [1.165, 1.54) is 9.99 Å². The molecule has 3 aromatic rings. The maximum absolute atomic E-state index is 13.2. The number of hydrogen-bond donors (Lipinski definition) is 0. The van der Waals surface area contributed by atoms with E-state index in [1.807, 2.05) is 17.0 Å². The van der Waals surface area contributed by atoms with Crippen molar-refractivity contribution >= 4 is 56.4 Å². The van der Waals surface area contributed by atoms with Crippen molar-refractivity contribution in [3.63, 3.8) is 0 Å². The maximum atomic E-state index is 13.2. The Labute approximate surface area is 217 Å². The molecule has 2 aliphatic rings. The van der Waals surface area contributed by atoms with Gasteiger partial charge in [-0.05, 0) is 65.9 Å². The third-order valence-corrected chi connectivity index (χ3v) is 8.89. The summed E-state index contributed by atoms with van der Waals surface area (Å²) in [6.45, 7) is 3.20. The molecule has 0 atom stereocenters. The van der Waals surface area contributed by atoms with Crippen LogP contribution < -0.4 is 4.90 Å². The van der Waals surface area contributed by atoms with Crippen molar-refractivity contribution in [3.05, 3.63) is 65.9 Å². The lowest BCUT2D eigenvalue weighted by molar-refractivity contribution is -0.134. The van der Waals surface area contributed by atoms with E-state index in [1.54, 1.807) is 48.8 Å². The van der Waals surface area contributed by atoms with E-state index in [0.717, 1.165) is 36.7 Å². The number of amides is 1. The van der Waals surface area contributed by atoms with Crippen molar-refractivity contribution < 1.29 is 13.2 Å². The van der Waals surface area contributed by atoms with Crippen LogP contribution in [-0.4, -0.2) is 67.8 Å². The summed E-state index contributed by atoms with van der Waals surface area (Å²) in [5.41, 5.74) is 1.18. The average Bonchev–Trinajstić information content (AvgIpc) is 2.86. The average molecular weight is 535 g/mol. The number of piperazine rings is 1. The minimum absolute atomic E-state index is 0. The molecule has 2 saturated heterocycles. The van der Waals surface area contributed by atoms with Crippen LogP contribution in [0.15, 0.2) is 65.8 Å². The summed E-state index contributed by atoms with van der Waals surface area (Å²) in [5.74, 6) is 0.302. The molecule has 5 rings (SSSR count). The first-order valence-corrected chi connectivity index (χ1v) is 13.3. The SMILES string of the molecule is Cl.O=C1CN(S(=O)(=O)c2ccc3cc(Cl)ccc3c2)CCN1CC1CCN(c2ccncc2)CC1. The van der Waals surface area contributed by atoms with Gasteiger partial charge in [0.15, 0.2) is 0 Å². The van der Waals surface area contributed by atoms with Crippen LogP contribution in [0, 0.1) is 5.92 Å². The number of piperidine rings is 1. The number of halogens is 2. The van der Waals surface area contributed by atoms with Gasteiger partial charge in [-0.3, -0.25) is 9.78 Å². The number of nitrogens with zero attached hydrogens (tertiary/aromatic N) is 4. The highest BCUT2D eigenvalue weighted by atomic mass is 35.5. The monoisotopic (exact) mass is 534 g/mol. The molecule has 2 aliphatic heterocycles. The zero-order valence-electron chi connectivity index (χ0n) is 19.2. The van der Waals surface area contributed by atoms with Crippen LogP contribution in [0.25, 0.3) is 10.8 Å². The Morgan fingerprint density at radius 3 is 2.31 bits per heavy atom. The number of sulfonamides is 1. The fourth-order valence-electron chi connectivity index (χ4n) is 4.83. The maximum Gasteiger partial charge on any atom is 0.243 e. The van der Waals surface area contributed by atoms with E-state index in [-0.39, 0.29) is 29.8 Å². The van der Waals surface area contributed by atoms with Crippen LogP contribution in [0.1, 0.15) is 12.8 Å². The van der Waals surface area contributed by atoms with Crippen LogP contribution in [0.2, 0.25) is 5.02 Å². The number of rotatable bonds is 5. The first-order chi connectivity index (χ1) is 16.4. The molecular weight excluding hydrogens is 507 g/mol. The van der Waals surface area contributed by atoms with Gasteiger partial charge in [-0.1, -0.05) is 23.7 Å². The van der Waals surface area contributed by atoms with Gasteiger partial charge in [0.1, 0.15) is 0 Å². The molecule has 0 radical (unpaired) electrons. The van der Waals surface area contributed by atoms with Crippen molar-refractivity contribution in [1.82, 2.24) is 14.2 Å². The van der Waals surface area contributed by atoms with Gasteiger partial charge in [-0.25, -0.2) is 8.42 Å². The molecule has 0 aliphatic carbocycles. The Hall–Kier alpha value is -2.39. The van der Waals surface area contributed by atoms with Crippen molar-refractivity contribution in [2.45, 2.75) is 17.7 Å². The molecule has 1 amide bonds. The Bertz CT molecular complexity index is 1300. The first-order valence-electron chi connectivity index (χ1n) is 11.5. The van der Waals surface area contributed by atoms with Crippen LogP contribution in [0.3, 0.4) is 0 Å². The Morgan fingerprint density at radius 2 is 1.60 bits per heavy atom. The lowest BCUT2D eigenvalue weighted by Gasteiger charge is -2.38. The number of aromatic nitrogens is 1. The molecule has 2 aromatic carbocycles. The minimum Gasteiger partial charge on any atom is -0.371 e. The molecule has 2 fully saturated rings. The van der Waals surface area contributed by atoms with Gasteiger partial charge in [0.05, 0.1) is 11.4 Å². The minimum atomic E-state index is -3.75. The van der Waals surface area contributed by atoms with E-state index in [2.05, 4.69) is 9.88 Å². The number of carbonyl (C=O) groups excluding carboxylic acids is 1. The number of pyridine rings is 1. The molecule has 3 heterocycles. The Kier molecular flexibility index (Phi) is 7.86. The van der Waals surface area contributed by atoms with Crippen molar-refractivity contribution in [3.8, 4) is 0 Å². The highest BCUT2D eigenvalue weighted by Gasteiger charge is 2.34. The fourth-order valence-corrected chi connectivity index (χ4v) is 6.43. The quantitative estimate of drug-likeness (QED) is 0.493. The summed E-state index contributed by atoms with van der Waals surface area (Å²) in [5, 5.41) is 2.28. The van der Waals surface area contributed by atoms with Gasteiger partial charge in [0, 0.05) is 55.8 Å². The second-order valence-electron chi connectivity index (χ2n) is 8.97. The summed E-state index contributed by atoms with van der Waals surface area (Å²) < 4.78 is 27.8. The molecule has 0 unspecified atom stereocenters. The van der Waals surface area contributed by atoms with Crippen molar-refractivity contribution in [1.29, 1.82) is 0 Å². The normalized spacial score (nSPS) is 18.0. The van der Waals surface area contributed by atoms with Gasteiger partial charge in [-0.15, -0.1) is 12.4 Å². The Balaban J connectivity index is 0.00000289. The zero-order chi connectivity index (χ0) is 23.7. The standard InChI is InChI=1S/C25H27ClN4O3S.ClH/c26-22-3-1-21-16-24(4-2-20(21)15-22)34(32,33)30-14-13-29(25(31)18-30)17-19-7-11-28(12-8-19)23-5-9-27-10-6-23;/h1-6,9-10,15-16,19H,7-8,11-14,17-18H2;1H. The molecule has 1 aromatic heterocycles. The smallest absolute Gasteiger partial charge is 0.243 e. The van der Waals surface area contributed by atoms with E-state index >= 15 is 0 Å². The van der Waals surface area contributed by atoms with Crippen molar-refractivity contribution in [2.24, 2.45) is 5.92 Å². The van der Waals surface area contributed by atoms with E-state index in [4.69, 9.17) is 11.6 Å². The molecule has 0 bridgehead atoms. The second kappa shape index (κ2) is 10.7. The molecule has 7 nitrogen and oxygen atoms in total. The topological polar surface area (TPSA) is 73.8 Å². The third-order valence-electron chi connectivity index (χ3n) is 6.82. The van der Waals surface area contributed by atoms with Crippen LogP contribution >= 0.6 is 24.0 Å². The second-order valence-corrected chi connectivity index (χ2v) is 11.3. The van der Waals surface area contributed by atoms with Gasteiger partial charge in [-0.2, -0.15) is 4.31 Å². The summed E-state index contributed by atoms with van der Waals surface area (Å²) in [6, 6.07) is 14.4. The fraction of sp³-hybridized carbons (Fsp3) is 0.360. The van der Waals surface area contributed by atoms with E-state index in [0.29, 0.717) is 30.6 Å². The zero-order valence-corrected chi connectivity index (χ0v) is 21.6. The predicted molar refractivity (Wildman–Crippen MR) is 141 cm³/mol.